The van der Waals surface area contributed by atoms with Gasteiger partial charge in [-0.25, -0.2) is 4.79 Å². The zero-order chi connectivity index (χ0) is 18.7. The lowest BCUT2D eigenvalue weighted by Crippen LogP contribution is -2.35. The molecule has 1 aliphatic carbocycles. The van der Waals surface area contributed by atoms with Crippen molar-refractivity contribution in [2.75, 3.05) is 13.7 Å². The SMILES string of the molecule is CC[C@H](C)NC(=O)COC(=O)c1cc2c(s1)-c1ccc(OC)cc1CC2. The van der Waals surface area contributed by atoms with Gasteiger partial charge in [0.15, 0.2) is 6.61 Å². The second kappa shape index (κ2) is 7.91. The monoisotopic (exact) mass is 373 g/mol. The van der Waals surface area contributed by atoms with Gasteiger partial charge in [-0.1, -0.05) is 6.92 Å². The van der Waals surface area contributed by atoms with Crippen molar-refractivity contribution < 1.29 is 19.1 Å². The van der Waals surface area contributed by atoms with Crippen molar-refractivity contribution in [1.82, 2.24) is 5.32 Å². The van der Waals surface area contributed by atoms with E-state index in [0.29, 0.717) is 4.88 Å². The predicted molar refractivity (Wildman–Crippen MR) is 102 cm³/mol. The third kappa shape index (κ3) is 3.90. The summed E-state index contributed by atoms with van der Waals surface area (Å²) >= 11 is 1.42. The number of thiophene rings is 1. The lowest BCUT2D eigenvalue weighted by Gasteiger charge is -2.16. The van der Waals surface area contributed by atoms with E-state index in [1.165, 1.54) is 16.9 Å². The number of hydrogen-bond acceptors (Lipinski definition) is 5. The third-order valence-electron chi connectivity index (χ3n) is 4.59. The van der Waals surface area contributed by atoms with Crippen molar-refractivity contribution >= 4 is 23.2 Å². The highest BCUT2D eigenvalue weighted by molar-refractivity contribution is 7.17. The average Bonchev–Trinajstić information content (AvgIpc) is 3.10. The Balaban J connectivity index is 1.71. The summed E-state index contributed by atoms with van der Waals surface area (Å²) in [5.41, 5.74) is 3.53. The molecule has 0 saturated heterocycles. The number of carbonyl (C=O) groups is 2. The molecule has 0 fully saturated rings. The number of esters is 1. The second-order valence-electron chi connectivity index (χ2n) is 6.44. The first kappa shape index (κ1) is 18.5. The molecule has 138 valence electrons. The fraction of sp³-hybridized carbons (Fsp3) is 0.400. The summed E-state index contributed by atoms with van der Waals surface area (Å²) in [6.45, 7) is 3.65. The van der Waals surface area contributed by atoms with Crippen molar-refractivity contribution in [3.8, 4) is 16.2 Å². The zero-order valence-corrected chi connectivity index (χ0v) is 16.1. The largest absolute Gasteiger partial charge is 0.497 e. The molecule has 3 rings (SSSR count). The fourth-order valence-corrected chi connectivity index (χ4v) is 4.12. The molecule has 0 spiro atoms. The van der Waals surface area contributed by atoms with Crippen molar-refractivity contribution in [3.63, 3.8) is 0 Å². The number of fused-ring (bicyclic) bond motifs is 3. The molecule has 0 radical (unpaired) electrons. The Morgan fingerprint density at radius 2 is 2.00 bits per heavy atom. The van der Waals surface area contributed by atoms with Crippen LogP contribution >= 0.6 is 11.3 Å². The summed E-state index contributed by atoms with van der Waals surface area (Å²) < 4.78 is 10.5. The molecule has 2 aromatic rings. The zero-order valence-electron chi connectivity index (χ0n) is 15.3. The molecule has 1 aromatic carbocycles. The number of aryl methyl sites for hydroxylation is 2. The molecule has 1 aliphatic rings. The highest BCUT2D eigenvalue weighted by atomic mass is 32.1. The van der Waals surface area contributed by atoms with Gasteiger partial charge in [0.25, 0.3) is 5.91 Å². The minimum Gasteiger partial charge on any atom is -0.497 e. The molecule has 1 amide bonds. The number of hydrogen-bond donors (Lipinski definition) is 1. The normalized spacial score (nSPS) is 13.3. The molecular formula is C20H23NO4S. The van der Waals surface area contributed by atoms with E-state index in [9.17, 15) is 9.59 Å². The molecule has 26 heavy (non-hydrogen) atoms. The van der Waals surface area contributed by atoms with Crippen LogP contribution in [-0.2, 0) is 22.4 Å². The quantitative estimate of drug-likeness (QED) is 0.786. The Kier molecular flexibility index (Phi) is 5.61. The van der Waals surface area contributed by atoms with Gasteiger partial charge in [0.1, 0.15) is 10.6 Å². The van der Waals surface area contributed by atoms with Crippen molar-refractivity contribution in [1.29, 1.82) is 0 Å². The standard InChI is InChI=1S/C20H23NO4S/c1-4-12(2)21-18(22)11-25-20(23)17-10-14-6-5-13-9-15(24-3)7-8-16(13)19(14)26-17/h7-10,12H,4-6,11H2,1-3H3,(H,21,22)/t12-/m0/s1. The number of carbonyl (C=O) groups excluding carboxylic acids is 2. The second-order valence-corrected chi connectivity index (χ2v) is 7.49. The van der Waals surface area contributed by atoms with Gasteiger partial charge in [0, 0.05) is 10.9 Å². The Bertz CT molecular complexity index is 827. The summed E-state index contributed by atoms with van der Waals surface area (Å²) in [5.74, 6) is 0.126. The van der Waals surface area contributed by atoms with E-state index in [1.54, 1.807) is 7.11 Å². The van der Waals surface area contributed by atoms with Crippen LogP contribution in [0, 0.1) is 0 Å². The van der Waals surface area contributed by atoms with Crippen LogP contribution in [0.5, 0.6) is 5.75 Å². The predicted octanol–water partition coefficient (Wildman–Crippen LogP) is 3.59. The fourth-order valence-electron chi connectivity index (χ4n) is 2.96. The molecule has 5 nitrogen and oxygen atoms in total. The van der Waals surface area contributed by atoms with Gasteiger partial charge in [-0.3, -0.25) is 4.79 Å². The van der Waals surface area contributed by atoms with Crippen molar-refractivity contribution in [2.45, 2.75) is 39.2 Å². The lowest BCUT2D eigenvalue weighted by atomic mass is 9.91. The molecule has 1 aromatic heterocycles. The smallest absolute Gasteiger partial charge is 0.348 e. The highest BCUT2D eigenvalue weighted by Crippen LogP contribution is 2.40. The van der Waals surface area contributed by atoms with Crippen LogP contribution in [0.3, 0.4) is 0 Å². The van der Waals surface area contributed by atoms with Crippen LogP contribution < -0.4 is 10.1 Å². The number of nitrogens with one attached hydrogen (secondary N) is 1. The summed E-state index contributed by atoms with van der Waals surface area (Å²) in [4.78, 5) is 25.7. The minimum absolute atomic E-state index is 0.0729. The molecular weight excluding hydrogens is 350 g/mol. The van der Waals surface area contributed by atoms with Gasteiger partial charge in [0.05, 0.1) is 7.11 Å². The van der Waals surface area contributed by atoms with Gasteiger partial charge in [0.2, 0.25) is 0 Å². The molecule has 0 saturated carbocycles. The first-order valence-corrected chi connectivity index (χ1v) is 9.60. The number of benzene rings is 1. The minimum atomic E-state index is -0.446. The summed E-state index contributed by atoms with van der Waals surface area (Å²) in [7, 11) is 1.66. The maximum absolute atomic E-state index is 12.3. The number of amides is 1. The Morgan fingerprint density at radius 1 is 1.23 bits per heavy atom. The van der Waals surface area contributed by atoms with E-state index in [-0.39, 0.29) is 18.6 Å². The Morgan fingerprint density at radius 3 is 2.73 bits per heavy atom. The molecule has 1 N–H and O–H groups in total. The Labute approximate surface area is 157 Å². The van der Waals surface area contributed by atoms with Gasteiger partial charge >= 0.3 is 5.97 Å². The number of methoxy groups -OCH3 is 1. The van der Waals surface area contributed by atoms with Crippen LogP contribution in [0.15, 0.2) is 24.3 Å². The van der Waals surface area contributed by atoms with Crippen LogP contribution in [-0.4, -0.2) is 31.6 Å². The van der Waals surface area contributed by atoms with Crippen LogP contribution in [0.25, 0.3) is 10.4 Å². The highest BCUT2D eigenvalue weighted by Gasteiger charge is 2.23. The summed E-state index contributed by atoms with van der Waals surface area (Å²) in [6, 6.07) is 7.99. The molecule has 0 bridgehead atoms. The molecule has 1 atom stereocenters. The van der Waals surface area contributed by atoms with Crippen molar-refractivity contribution in [2.24, 2.45) is 0 Å². The molecule has 1 heterocycles. The average molecular weight is 373 g/mol. The number of rotatable bonds is 6. The number of ether oxygens (including phenoxy) is 2. The van der Waals surface area contributed by atoms with Crippen LogP contribution in [0.4, 0.5) is 0 Å². The van der Waals surface area contributed by atoms with Crippen LogP contribution in [0.2, 0.25) is 0 Å². The summed E-state index contributed by atoms with van der Waals surface area (Å²) in [5, 5.41) is 2.78. The maximum Gasteiger partial charge on any atom is 0.348 e. The van der Waals surface area contributed by atoms with E-state index in [2.05, 4.69) is 11.4 Å². The van der Waals surface area contributed by atoms with Crippen molar-refractivity contribution in [3.05, 3.63) is 40.3 Å². The first-order chi connectivity index (χ1) is 12.5. The third-order valence-corrected chi connectivity index (χ3v) is 5.78. The van der Waals surface area contributed by atoms with Gasteiger partial charge in [-0.2, -0.15) is 0 Å². The maximum atomic E-state index is 12.3. The van der Waals surface area contributed by atoms with E-state index in [4.69, 9.17) is 9.47 Å². The van der Waals surface area contributed by atoms with E-state index in [0.717, 1.165) is 41.0 Å². The molecule has 0 aliphatic heterocycles. The van der Waals surface area contributed by atoms with Gasteiger partial charge in [-0.05, 0) is 67.1 Å². The lowest BCUT2D eigenvalue weighted by molar-refractivity contribution is -0.124. The topological polar surface area (TPSA) is 64.6 Å². The van der Waals surface area contributed by atoms with Gasteiger partial charge < -0.3 is 14.8 Å². The van der Waals surface area contributed by atoms with E-state index in [1.807, 2.05) is 32.0 Å². The molecule has 6 heteroatoms. The van der Waals surface area contributed by atoms with E-state index < -0.39 is 5.97 Å². The molecule has 0 unspecified atom stereocenters. The van der Waals surface area contributed by atoms with Crippen LogP contribution in [0.1, 0.15) is 41.1 Å². The first-order valence-electron chi connectivity index (χ1n) is 8.78. The Hall–Kier alpha value is -2.34. The summed E-state index contributed by atoms with van der Waals surface area (Å²) in [6.07, 6.45) is 2.64. The van der Waals surface area contributed by atoms with E-state index >= 15 is 0 Å². The van der Waals surface area contributed by atoms with Gasteiger partial charge in [-0.15, -0.1) is 11.3 Å².